The van der Waals surface area contributed by atoms with Gasteiger partial charge in [0.25, 0.3) is 5.91 Å². The third-order valence-corrected chi connectivity index (χ3v) is 6.02. The summed E-state index contributed by atoms with van der Waals surface area (Å²) >= 11 is 6.11. The number of nitrogens with one attached hydrogen (secondary N) is 2. The average molecular weight is 448 g/mol. The lowest BCUT2D eigenvalue weighted by Crippen LogP contribution is -2.24. The number of carbonyl (C=O) groups is 1. The zero-order valence-electron chi connectivity index (χ0n) is 17.7. The first-order valence-corrected chi connectivity index (χ1v) is 10.7. The van der Waals surface area contributed by atoms with Gasteiger partial charge in [-0.3, -0.25) is 9.78 Å². The van der Waals surface area contributed by atoms with Crippen molar-refractivity contribution in [1.82, 2.24) is 24.8 Å². The molecule has 32 heavy (non-hydrogen) atoms. The number of halogens is 1. The lowest BCUT2D eigenvalue weighted by atomic mass is 10.0. The van der Waals surface area contributed by atoms with Crippen LogP contribution in [0.15, 0.2) is 42.7 Å². The van der Waals surface area contributed by atoms with Gasteiger partial charge in [0, 0.05) is 36.6 Å². The monoisotopic (exact) mass is 447 g/mol. The molecule has 4 N–H and O–H groups in total. The molecule has 4 heterocycles. The number of nitrogens with two attached hydrogens (primary N) is 1. The minimum absolute atomic E-state index is 0.0215. The van der Waals surface area contributed by atoms with Crippen LogP contribution in [0, 0.1) is 13.8 Å². The summed E-state index contributed by atoms with van der Waals surface area (Å²) in [4.78, 5) is 25.9. The topological polar surface area (TPSA) is 111 Å². The van der Waals surface area contributed by atoms with Crippen LogP contribution in [0.2, 0.25) is 5.02 Å². The van der Waals surface area contributed by atoms with Gasteiger partial charge in [0.1, 0.15) is 11.5 Å². The van der Waals surface area contributed by atoms with Gasteiger partial charge in [-0.25, -0.2) is 9.97 Å². The summed E-state index contributed by atoms with van der Waals surface area (Å²) in [7, 11) is 0. The Morgan fingerprint density at radius 2 is 2.12 bits per heavy atom. The summed E-state index contributed by atoms with van der Waals surface area (Å²) in [5.41, 5.74) is 10.9. The minimum atomic E-state index is -0.238. The molecule has 1 atom stereocenters. The number of fused-ring (bicyclic) bond motifs is 2. The number of imidazole rings is 1. The Labute approximate surface area is 189 Å². The van der Waals surface area contributed by atoms with E-state index in [4.69, 9.17) is 17.3 Å². The molecule has 3 aromatic heterocycles. The molecule has 5 rings (SSSR count). The molecule has 4 aromatic rings. The van der Waals surface area contributed by atoms with Gasteiger partial charge in [-0.2, -0.15) is 0 Å². The predicted molar refractivity (Wildman–Crippen MR) is 125 cm³/mol. The molecule has 1 aromatic carbocycles. The Morgan fingerprint density at radius 1 is 1.28 bits per heavy atom. The summed E-state index contributed by atoms with van der Waals surface area (Å²) < 4.78 is 2.00. The maximum absolute atomic E-state index is 12.8. The Balaban J connectivity index is 1.36. The summed E-state index contributed by atoms with van der Waals surface area (Å²) in [5, 5.41) is 7.81. The highest BCUT2D eigenvalue weighted by Gasteiger charge is 2.27. The number of aryl methyl sites for hydroxylation is 2. The van der Waals surface area contributed by atoms with Gasteiger partial charge in [-0.1, -0.05) is 17.7 Å². The second kappa shape index (κ2) is 7.80. The summed E-state index contributed by atoms with van der Waals surface area (Å²) in [5.74, 6) is 0.910. The molecular weight excluding hydrogens is 426 g/mol. The van der Waals surface area contributed by atoms with E-state index in [1.807, 2.05) is 36.6 Å². The molecule has 0 bridgehead atoms. The molecule has 0 aliphatic carbocycles. The van der Waals surface area contributed by atoms with Gasteiger partial charge in [-0.05, 0) is 54.8 Å². The Bertz CT molecular complexity index is 1340. The Kier molecular flexibility index (Phi) is 4.94. The lowest BCUT2D eigenvalue weighted by molar-refractivity contribution is 0.0946. The molecular formula is C23H22ClN7O. The van der Waals surface area contributed by atoms with Gasteiger partial charge in [0.15, 0.2) is 0 Å². The fourth-order valence-electron chi connectivity index (χ4n) is 4.18. The fraction of sp³-hybridized carbons (Fsp3) is 0.217. The van der Waals surface area contributed by atoms with Crippen molar-refractivity contribution >= 4 is 40.2 Å². The number of carbonyl (C=O) groups excluding carboxylic acids is 1. The number of nitrogens with zero attached hydrogens (tertiary/aromatic N) is 4. The summed E-state index contributed by atoms with van der Waals surface area (Å²) in [6, 6.07) is 9.83. The van der Waals surface area contributed by atoms with Crippen LogP contribution in [0.4, 0.5) is 11.8 Å². The second-order valence-electron chi connectivity index (χ2n) is 7.97. The van der Waals surface area contributed by atoms with E-state index in [0.717, 1.165) is 33.3 Å². The van der Waals surface area contributed by atoms with E-state index in [-0.39, 0.29) is 11.9 Å². The molecule has 0 fully saturated rings. The highest BCUT2D eigenvalue weighted by atomic mass is 35.5. The van der Waals surface area contributed by atoms with Crippen LogP contribution < -0.4 is 16.4 Å². The van der Waals surface area contributed by atoms with Crippen molar-refractivity contribution in [2.75, 3.05) is 17.6 Å². The van der Waals surface area contributed by atoms with Crippen LogP contribution in [0.25, 0.3) is 10.9 Å². The van der Waals surface area contributed by atoms with Crippen molar-refractivity contribution in [3.8, 4) is 0 Å². The van der Waals surface area contributed by atoms with Gasteiger partial charge in [0.05, 0.1) is 16.6 Å². The van der Waals surface area contributed by atoms with Gasteiger partial charge in [-0.15, -0.1) is 0 Å². The number of pyridine rings is 2. The molecule has 1 unspecified atom stereocenters. The number of aromatic nitrogens is 4. The van der Waals surface area contributed by atoms with Crippen LogP contribution >= 0.6 is 11.6 Å². The lowest BCUT2D eigenvalue weighted by Gasteiger charge is -2.13. The third kappa shape index (κ3) is 3.62. The minimum Gasteiger partial charge on any atom is -0.384 e. The smallest absolute Gasteiger partial charge is 0.271 e. The van der Waals surface area contributed by atoms with Crippen LogP contribution in [0.3, 0.4) is 0 Å². The quantitative estimate of drug-likeness (QED) is 0.440. The van der Waals surface area contributed by atoms with Crippen LogP contribution in [-0.4, -0.2) is 32.0 Å². The number of benzene rings is 1. The molecule has 1 amide bonds. The summed E-state index contributed by atoms with van der Waals surface area (Å²) in [6.07, 6.45) is 3.43. The molecule has 8 nitrogen and oxygen atoms in total. The van der Waals surface area contributed by atoms with Gasteiger partial charge >= 0.3 is 0 Å². The normalized spacial score (nSPS) is 14.9. The molecule has 9 heteroatoms. The molecule has 0 saturated carbocycles. The molecule has 162 valence electrons. The van der Waals surface area contributed by atoms with Crippen molar-refractivity contribution < 1.29 is 4.79 Å². The van der Waals surface area contributed by atoms with Crippen molar-refractivity contribution in [2.24, 2.45) is 0 Å². The van der Waals surface area contributed by atoms with Crippen LogP contribution in [0.1, 0.15) is 38.9 Å². The maximum atomic E-state index is 12.8. The Morgan fingerprint density at radius 3 is 2.94 bits per heavy atom. The van der Waals surface area contributed by atoms with E-state index in [0.29, 0.717) is 35.6 Å². The van der Waals surface area contributed by atoms with Crippen LogP contribution in [0.5, 0.6) is 0 Å². The van der Waals surface area contributed by atoms with E-state index in [9.17, 15) is 4.79 Å². The first-order valence-electron chi connectivity index (χ1n) is 10.3. The standard InChI is InChI=1S/C23H22ClN7O/c1-12-5-21(25)29-13(2)17(12)9-27-22(32)19-11-31-20(10-28-23(31)30-19)14-3-4-18-15(6-14)7-16(24)8-26-18/h3-8,11,20H,9-10H2,1-2H3,(H2,25,29)(H,27,32)(H,28,30). The van der Waals surface area contributed by atoms with Crippen LogP contribution in [-0.2, 0) is 6.54 Å². The largest absolute Gasteiger partial charge is 0.384 e. The fourth-order valence-corrected chi connectivity index (χ4v) is 4.35. The molecule has 0 spiro atoms. The SMILES string of the molecule is Cc1cc(N)nc(C)c1CNC(=O)c1cn2c(n1)NCC2c1ccc2ncc(Cl)cc2c1. The maximum Gasteiger partial charge on any atom is 0.271 e. The molecule has 0 radical (unpaired) electrons. The third-order valence-electron chi connectivity index (χ3n) is 5.81. The van der Waals surface area contributed by atoms with Crippen molar-refractivity contribution in [3.63, 3.8) is 0 Å². The number of nitrogen functional groups attached to an aromatic ring is 1. The van der Waals surface area contributed by atoms with E-state index >= 15 is 0 Å². The van der Waals surface area contributed by atoms with E-state index in [1.54, 1.807) is 18.5 Å². The first kappa shape index (κ1) is 20.3. The zero-order valence-corrected chi connectivity index (χ0v) is 18.4. The van der Waals surface area contributed by atoms with Crippen molar-refractivity contribution in [3.05, 3.63) is 75.8 Å². The van der Waals surface area contributed by atoms with E-state index < -0.39 is 0 Å². The highest BCUT2D eigenvalue weighted by Crippen LogP contribution is 2.31. The number of hydrogen-bond acceptors (Lipinski definition) is 6. The summed E-state index contributed by atoms with van der Waals surface area (Å²) in [6.45, 7) is 4.90. The first-order chi connectivity index (χ1) is 15.4. The van der Waals surface area contributed by atoms with Gasteiger partial charge in [0.2, 0.25) is 5.95 Å². The number of amides is 1. The van der Waals surface area contributed by atoms with E-state index in [2.05, 4.69) is 31.7 Å². The van der Waals surface area contributed by atoms with Gasteiger partial charge < -0.3 is 20.9 Å². The molecule has 1 aliphatic rings. The second-order valence-corrected chi connectivity index (χ2v) is 8.41. The highest BCUT2D eigenvalue weighted by molar-refractivity contribution is 6.31. The average Bonchev–Trinajstić information content (AvgIpc) is 3.33. The number of anilines is 2. The van der Waals surface area contributed by atoms with E-state index in [1.165, 1.54) is 0 Å². The molecule has 1 aliphatic heterocycles. The van der Waals surface area contributed by atoms with Crippen molar-refractivity contribution in [1.29, 1.82) is 0 Å². The number of hydrogen-bond donors (Lipinski definition) is 3. The zero-order chi connectivity index (χ0) is 22.4. The molecule has 0 saturated heterocycles. The van der Waals surface area contributed by atoms with Crippen molar-refractivity contribution in [2.45, 2.75) is 26.4 Å². The predicted octanol–water partition coefficient (Wildman–Crippen LogP) is 3.62. The Hall–Kier alpha value is -3.65. The number of rotatable bonds is 4.